The third-order valence-electron chi connectivity index (χ3n) is 1.50. The number of hydrogen-bond donors (Lipinski definition) is 0. The van der Waals surface area contributed by atoms with Crippen LogP contribution in [-0.4, -0.2) is 19.5 Å². The lowest BCUT2D eigenvalue weighted by molar-refractivity contribution is 0.267. The average Bonchev–Trinajstić information content (AvgIpc) is 2.19. The van der Waals surface area contributed by atoms with E-state index in [1.807, 2.05) is 36.6 Å². The predicted molar refractivity (Wildman–Crippen MR) is 56.0 cm³/mol. The van der Waals surface area contributed by atoms with Gasteiger partial charge in [0.1, 0.15) is 5.75 Å². The maximum Gasteiger partial charge on any atom is 0.119 e. The van der Waals surface area contributed by atoms with E-state index < -0.39 is 0 Å². The summed E-state index contributed by atoms with van der Waals surface area (Å²) >= 11 is 1.39. The lowest BCUT2D eigenvalue weighted by atomic mass is 10.3. The summed E-state index contributed by atoms with van der Waals surface area (Å²) in [6.07, 6.45) is 2.84. The molecular weight excluding hydrogens is 184 g/mol. The minimum Gasteiger partial charge on any atom is -0.494 e. The zero-order chi connectivity index (χ0) is 9.36. The van der Waals surface area contributed by atoms with Gasteiger partial charge in [-0.15, -0.1) is 0 Å². The first-order valence-electron chi connectivity index (χ1n) is 4.27. The van der Waals surface area contributed by atoms with Crippen LogP contribution < -0.4 is 4.74 Å². The van der Waals surface area contributed by atoms with Gasteiger partial charge in [-0.1, -0.05) is 18.2 Å². The van der Waals surface area contributed by atoms with Crippen molar-refractivity contribution in [3.05, 3.63) is 30.3 Å². The predicted octanol–water partition coefficient (Wildman–Crippen LogP) is 2.75. The molecule has 0 saturated carbocycles. The van der Waals surface area contributed by atoms with Crippen LogP contribution in [0.25, 0.3) is 0 Å². The van der Waals surface area contributed by atoms with Crippen LogP contribution in [-0.2, 0) is 4.18 Å². The molecule has 0 bridgehead atoms. The molecule has 0 unspecified atom stereocenters. The first-order valence-corrected chi connectivity index (χ1v) is 5.42. The van der Waals surface area contributed by atoms with E-state index in [4.69, 9.17) is 8.92 Å². The fraction of sp³-hybridized carbons (Fsp3) is 0.400. The summed E-state index contributed by atoms with van der Waals surface area (Å²) in [6.45, 7) is 1.46. The van der Waals surface area contributed by atoms with Crippen molar-refractivity contribution < 1.29 is 8.92 Å². The van der Waals surface area contributed by atoms with E-state index in [0.717, 1.165) is 18.8 Å². The Morgan fingerprint density at radius 1 is 1.15 bits per heavy atom. The Morgan fingerprint density at radius 2 is 1.92 bits per heavy atom. The molecule has 0 atom stereocenters. The number of ether oxygens (including phenoxy) is 1. The minimum atomic E-state index is 0.713. The molecule has 0 amide bonds. The van der Waals surface area contributed by atoms with Crippen LogP contribution in [0.4, 0.5) is 0 Å². The quantitative estimate of drug-likeness (QED) is 0.517. The maximum atomic E-state index is 5.46. The molecular formula is C10H14O2S. The smallest absolute Gasteiger partial charge is 0.119 e. The van der Waals surface area contributed by atoms with Crippen molar-refractivity contribution in [2.24, 2.45) is 0 Å². The Kier molecular flexibility index (Phi) is 5.45. The molecule has 0 heterocycles. The lowest BCUT2D eigenvalue weighted by Gasteiger charge is -2.04. The molecule has 0 aliphatic carbocycles. The fourth-order valence-corrected chi connectivity index (χ4v) is 1.19. The van der Waals surface area contributed by atoms with Gasteiger partial charge in [-0.25, -0.2) is 0 Å². The molecule has 0 fully saturated rings. The highest BCUT2D eigenvalue weighted by molar-refractivity contribution is 7.93. The van der Waals surface area contributed by atoms with E-state index in [9.17, 15) is 0 Å². The van der Waals surface area contributed by atoms with Crippen LogP contribution in [0.2, 0.25) is 0 Å². The van der Waals surface area contributed by atoms with Crippen LogP contribution in [0, 0.1) is 0 Å². The van der Waals surface area contributed by atoms with Crippen LogP contribution in [0.3, 0.4) is 0 Å². The van der Waals surface area contributed by atoms with Gasteiger partial charge < -0.3 is 8.92 Å². The van der Waals surface area contributed by atoms with Gasteiger partial charge in [0, 0.05) is 12.7 Å². The zero-order valence-corrected chi connectivity index (χ0v) is 8.55. The van der Waals surface area contributed by atoms with Crippen molar-refractivity contribution in [1.82, 2.24) is 0 Å². The molecule has 0 spiro atoms. The first-order chi connectivity index (χ1) is 6.43. The Labute approximate surface area is 83.5 Å². The molecule has 0 N–H and O–H groups in total. The third kappa shape index (κ3) is 4.80. The van der Waals surface area contributed by atoms with E-state index in [2.05, 4.69) is 0 Å². The second-order valence-electron chi connectivity index (χ2n) is 2.50. The summed E-state index contributed by atoms with van der Waals surface area (Å²) in [5.74, 6) is 0.923. The number of hydrogen-bond acceptors (Lipinski definition) is 3. The molecule has 0 aromatic heterocycles. The Bertz CT molecular complexity index is 213. The van der Waals surface area contributed by atoms with Gasteiger partial charge in [-0.05, 0) is 24.2 Å². The molecule has 0 radical (unpaired) electrons. The van der Waals surface area contributed by atoms with Crippen LogP contribution in [0.5, 0.6) is 5.75 Å². The largest absolute Gasteiger partial charge is 0.494 e. The molecule has 1 aromatic rings. The van der Waals surface area contributed by atoms with E-state index in [0.29, 0.717) is 6.61 Å². The van der Waals surface area contributed by atoms with Crippen LogP contribution in [0.1, 0.15) is 6.42 Å². The third-order valence-corrected chi connectivity index (χ3v) is 1.90. The second-order valence-corrected chi connectivity index (χ2v) is 3.07. The summed E-state index contributed by atoms with van der Waals surface area (Å²) in [5.41, 5.74) is 0. The van der Waals surface area contributed by atoms with Gasteiger partial charge in [0.25, 0.3) is 0 Å². The van der Waals surface area contributed by atoms with Gasteiger partial charge in [-0.3, -0.25) is 0 Å². The highest BCUT2D eigenvalue weighted by Crippen LogP contribution is 2.08. The SMILES string of the molecule is CSOCCCOc1ccccc1. The monoisotopic (exact) mass is 198 g/mol. The molecule has 13 heavy (non-hydrogen) atoms. The number of para-hydroxylation sites is 1. The normalized spacial score (nSPS) is 9.92. The Hall–Kier alpha value is -0.670. The van der Waals surface area contributed by atoms with Crippen molar-refractivity contribution in [2.45, 2.75) is 6.42 Å². The molecule has 0 aliphatic heterocycles. The topological polar surface area (TPSA) is 18.5 Å². The van der Waals surface area contributed by atoms with Crippen molar-refractivity contribution in [3.8, 4) is 5.75 Å². The summed E-state index contributed by atoms with van der Waals surface area (Å²) in [6, 6.07) is 9.82. The van der Waals surface area contributed by atoms with E-state index in [1.54, 1.807) is 0 Å². The van der Waals surface area contributed by atoms with E-state index in [-0.39, 0.29) is 0 Å². The fourth-order valence-electron chi connectivity index (χ4n) is 0.908. The first kappa shape index (κ1) is 10.4. The second kappa shape index (κ2) is 6.80. The molecule has 1 aromatic carbocycles. The standard InChI is InChI=1S/C10H14O2S/c1-13-12-9-5-8-11-10-6-3-2-4-7-10/h2-4,6-7H,5,8-9H2,1H3. The van der Waals surface area contributed by atoms with Crippen LogP contribution in [0.15, 0.2) is 30.3 Å². The van der Waals surface area contributed by atoms with Crippen molar-refractivity contribution in [1.29, 1.82) is 0 Å². The lowest BCUT2D eigenvalue weighted by Crippen LogP contribution is -2.00. The molecule has 2 nitrogen and oxygen atoms in total. The molecule has 0 aliphatic rings. The minimum absolute atomic E-state index is 0.713. The molecule has 0 saturated heterocycles. The average molecular weight is 198 g/mol. The van der Waals surface area contributed by atoms with E-state index >= 15 is 0 Å². The Balaban J connectivity index is 2.07. The highest BCUT2D eigenvalue weighted by atomic mass is 32.2. The number of benzene rings is 1. The van der Waals surface area contributed by atoms with Gasteiger partial charge in [-0.2, -0.15) is 0 Å². The number of rotatable bonds is 6. The highest BCUT2D eigenvalue weighted by Gasteiger charge is 1.91. The van der Waals surface area contributed by atoms with Gasteiger partial charge >= 0.3 is 0 Å². The summed E-state index contributed by atoms with van der Waals surface area (Å²) in [7, 11) is 0. The maximum absolute atomic E-state index is 5.46. The molecule has 3 heteroatoms. The molecule has 1 rings (SSSR count). The van der Waals surface area contributed by atoms with E-state index in [1.165, 1.54) is 12.0 Å². The van der Waals surface area contributed by atoms with Crippen LogP contribution >= 0.6 is 12.0 Å². The molecule has 72 valence electrons. The summed E-state index contributed by atoms with van der Waals surface area (Å²) in [5, 5.41) is 0. The summed E-state index contributed by atoms with van der Waals surface area (Å²) < 4.78 is 10.6. The van der Waals surface area contributed by atoms with Crippen molar-refractivity contribution in [2.75, 3.05) is 19.5 Å². The van der Waals surface area contributed by atoms with Gasteiger partial charge in [0.2, 0.25) is 0 Å². The van der Waals surface area contributed by atoms with Gasteiger partial charge in [0.15, 0.2) is 0 Å². The van der Waals surface area contributed by atoms with Gasteiger partial charge in [0.05, 0.1) is 13.2 Å². The van der Waals surface area contributed by atoms with Crippen molar-refractivity contribution >= 4 is 12.0 Å². The Morgan fingerprint density at radius 3 is 2.62 bits per heavy atom. The summed E-state index contributed by atoms with van der Waals surface area (Å²) in [4.78, 5) is 0. The zero-order valence-electron chi connectivity index (χ0n) is 7.73. The van der Waals surface area contributed by atoms with Crippen molar-refractivity contribution in [3.63, 3.8) is 0 Å².